The van der Waals surface area contributed by atoms with Crippen molar-refractivity contribution in [3.8, 4) is 0 Å². The van der Waals surface area contributed by atoms with Crippen LogP contribution in [0.1, 0.15) is 13.3 Å². The predicted octanol–water partition coefficient (Wildman–Crippen LogP) is 2.85. The van der Waals surface area contributed by atoms with Gasteiger partial charge in [0.2, 0.25) is 0 Å². The van der Waals surface area contributed by atoms with E-state index in [1.807, 2.05) is 0 Å². The first-order chi connectivity index (χ1) is 6.79. The summed E-state index contributed by atoms with van der Waals surface area (Å²) in [7, 11) is 0. The van der Waals surface area contributed by atoms with Gasteiger partial charge in [-0.1, -0.05) is 15.9 Å². The van der Waals surface area contributed by atoms with E-state index in [9.17, 15) is 0 Å². The van der Waals surface area contributed by atoms with Crippen molar-refractivity contribution in [3.63, 3.8) is 0 Å². The van der Waals surface area contributed by atoms with Gasteiger partial charge in [-0.25, -0.2) is 9.97 Å². The van der Waals surface area contributed by atoms with Gasteiger partial charge < -0.3 is 4.90 Å². The molecule has 0 aliphatic heterocycles. The lowest BCUT2D eigenvalue weighted by Gasteiger charge is -2.22. The minimum Gasteiger partial charge on any atom is -0.356 e. The molecule has 0 aromatic carbocycles. The van der Waals surface area contributed by atoms with Gasteiger partial charge in [-0.15, -0.1) is 0 Å². The lowest BCUT2D eigenvalue weighted by Crippen LogP contribution is -2.25. The Balaban J connectivity index is 2.73. The quantitative estimate of drug-likeness (QED) is 0.781. The van der Waals surface area contributed by atoms with Crippen LogP contribution in [0.2, 0.25) is 0 Å². The van der Waals surface area contributed by atoms with Crippen molar-refractivity contribution in [1.82, 2.24) is 9.97 Å². The molecule has 0 spiro atoms. The molecule has 1 aromatic heterocycles. The molecule has 0 radical (unpaired) electrons. The Morgan fingerprint density at radius 3 is 2.86 bits per heavy atom. The third kappa shape index (κ3) is 3.20. The summed E-state index contributed by atoms with van der Waals surface area (Å²) in [5.74, 6) is 0.975. The van der Waals surface area contributed by atoms with Crippen LogP contribution >= 0.6 is 31.9 Å². The molecule has 5 heteroatoms. The topological polar surface area (TPSA) is 29.0 Å². The molecular weight excluding hydrogens is 310 g/mol. The Hall–Kier alpha value is -0.160. The summed E-state index contributed by atoms with van der Waals surface area (Å²) < 4.78 is 0.955. The van der Waals surface area contributed by atoms with E-state index in [4.69, 9.17) is 0 Å². The lowest BCUT2D eigenvalue weighted by molar-refractivity contribution is 0.780. The molecule has 1 heterocycles. The summed E-state index contributed by atoms with van der Waals surface area (Å²) >= 11 is 6.88. The zero-order chi connectivity index (χ0) is 10.4. The van der Waals surface area contributed by atoms with Crippen molar-refractivity contribution in [3.05, 3.63) is 17.0 Å². The summed E-state index contributed by atoms with van der Waals surface area (Å²) in [6.45, 7) is 4.10. The van der Waals surface area contributed by atoms with Crippen LogP contribution in [-0.4, -0.2) is 28.4 Å². The maximum atomic E-state index is 4.25. The highest BCUT2D eigenvalue weighted by Gasteiger charge is 2.08. The summed E-state index contributed by atoms with van der Waals surface area (Å²) in [6.07, 6.45) is 4.47. The van der Waals surface area contributed by atoms with Gasteiger partial charge in [-0.2, -0.15) is 0 Å². The van der Waals surface area contributed by atoms with Gasteiger partial charge >= 0.3 is 0 Å². The standard InChI is InChI=1S/C9H13Br2N3/c1-2-14(5-3-4-10)9-8(11)6-12-7-13-9/h6-7H,2-5H2,1H3. The van der Waals surface area contributed by atoms with E-state index in [-0.39, 0.29) is 0 Å². The van der Waals surface area contributed by atoms with Crippen molar-refractivity contribution in [2.75, 3.05) is 23.3 Å². The Kier molecular flexibility index (Phi) is 5.40. The van der Waals surface area contributed by atoms with E-state index in [1.165, 1.54) is 0 Å². The SMILES string of the molecule is CCN(CCCBr)c1ncncc1Br. The molecule has 3 nitrogen and oxygen atoms in total. The molecule has 0 atom stereocenters. The van der Waals surface area contributed by atoms with Crippen LogP contribution in [0.15, 0.2) is 17.0 Å². The monoisotopic (exact) mass is 321 g/mol. The molecule has 0 aliphatic rings. The minimum atomic E-state index is 0.955. The number of rotatable bonds is 5. The molecule has 0 N–H and O–H groups in total. The van der Waals surface area contributed by atoms with Gasteiger partial charge in [-0.05, 0) is 29.3 Å². The second-order valence-corrected chi connectivity index (χ2v) is 4.46. The molecule has 1 aromatic rings. The normalized spacial score (nSPS) is 10.2. The van der Waals surface area contributed by atoms with Gasteiger partial charge in [0.15, 0.2) is 0 Å². The molecule has 0 unspecified atom stereocenters. The maximum Gasteiger partial charge on any atom is 0.146 e. The molecule has 0 fully saturated rings. The average Bonchev–Trinajstić information content (AvgIpc) is 2.21. The summed E-state index contributed by atoms with van der Waals surface area (Å²) in [6, 6.07) is 0. The van der Waals surface area contributed by atoms with Crippen LogP contribution in [0.5, 0.6) is 0 Å². The van der Waals surface area contributed by atoms with Crippen molar-refractivity contribution < 1.29 is 0 Å². The van der Waals surface area contributed by atoms with Crippen LogP contribution < -0.4 is 4.90 Å². The van der Waals surface area contributed by atoms with Crippen LogP contribution in [0, 0.1) is 0 Å². The fourth-order valence-electron chi connectivity index (χ4n) is 1.20. The van der Waals surface area contributed by atoms with E-state index in [2.05, 4.69) is 53.7 Å². The number of nitrogens with zero attached hydrogens (tertiary/aromatic N) is 3. The molecule has 1 rings (SSSR count). The summed E-state index contributed by atoms with van der Waals surface area (Å²) in [5, 5.41) is 1.02. The molecular formula is C9H13Br2N3. The first-order valence-corrected chi connectivity index (χ1v) is 6.47. The Morgan fingerprint density at radius 1 is 1.50 bits per heavy atom. The van der Waals surface area contributed by atoms with Gasteiger partial charge in [0.05, 0.1) is 4.47 Å². The van der Waals surface area contributed by atoms with Crippen molar-refractivity contribution >= 4 is 37.7 Å². The van der Waals surface area contributed by atoms with Crippen LogP contribution in [0.4, 0.5) is 5.82 Å². The summed E-state index contributed by atoms with van der Waals surface area (Å²) in [4.78, 5) is 10.4. The van der Waals surface area contributed by atoms with Gasteiger partial charge in [0, 0.05) is 24.6 Å². The highest BCUT2D eigenvalue weighted by Crippen LogP contribution is 2.21. The largest absolute Gasteiger partial charge is 0.356 e. The van der Waals surface area contributed by atoms with Crippen LogP contribution in [0.3, 0.4) is 0 Å². The zero-order valence-corrected chi connectivity index (χ0v) is 11.3. The number of hydrogen-bond acceptors (Lipinski definition) is 3. The molecule has 0 amide bonds. The smallest absolute Gasteiger partial charge is 0.146 e. The first kappa shape index (κ1) is 11.9. The predicted molar refractivity (Wildman–Crippen MR) is 66.0 cm³/mol. The minimum absolute atomic E-state index is 0.955. The molecule has 0 bridgehead atoms. The third-order valence-corrected chi connectivity index (χ3v) is 3.01. The average molecular weight is 323 g/mol. The molecule has 14 heavy (non-hydrogen) atoms. The number of hydrogen-bond donors (Lipinski definition) is 0. The Bertz CT molecular complexity index is 281. The Labute approximate surface area is 101 Å². The second-order valence-electron chi connectivity index (χ2n) is 2.82. The molecule has 0 saturated heterocycles. The maximum absolute atomic E-state index is 4.25. The fraction of sp³-hybridized carbons (Fsp3) is 0.556. The number of halogens is 2. The highest BCUT2D eigenvalue weighted by atomic mass is 79.9. The number of alkyl halides is 1. The lowest BCUT2D eigenvalue weighted by atomic mass is 10.4. The molecule has 0 aliphatic carbocycles. The zero-order valence-electron chi connectivity index (χ0n) is 8.08. The van der Waals surface area contributed by atoms with Gasteiger partial charge in [-0.3, -0.25) is 0 Å². The first-order valence-electron chi connectivity index (χ1n) is 4.56. The number of anilines is 1. The summed E-state index contributed by atoms with van der Waals surface area (Å²) in [5.41, 5.74) is 0. The van der Waals surface area contributed by atoms with E-state index in [0.717, 1.165) is 35.1 Å². The van der Waals surface area contributed by atoms with Crippen LogP contribution in [-0.2, 0) is 0 Å². The van der Waals surface area contributed by atoms with Crippen LogP contribution in [0.25, 0.3) is 0 Å². The van der Waals surface area contributed by atoms with E-state index in [0.29, 0.717) is 0 Å². The van der Waals surface area contributed by atoms with Crippen molar-refractivity contribution in [2.45, 2.75) is 13.3 Å². The third-order valence-electron chi connectivity index (χ3n) is 1.89. The van der Waals surface area contributed by atoms with Gasteiger partial charge in [0.1, 0.15) is 12.1 Å². The van der Waals surface area contributed by atoms with Crippen molar-refractivity contribution in [1.29, 1.82) is 0 Å². The molecule has 78 valence electrons. The molecule has 0 saturated carbocycles. The van der Waals surface area contributed by atoms with E-state index >= 15 is 0 Å². The van der Waals surface area contributed by atoms with E-state index < -0.39 is 0 Å². The second kappa shape index (κ2) is 6.35. The Morgan fingerprint density at radius 2 is 2.29 bits per heavy atom. The van der Waals surface area contributed by atoms with Crippen molar-refractivity contribution in [2.24, 2.45) is 0 Å². The van der Waals surface area contributed by atoms with Gasteiger partial charge in [0.25, 0.3) is 0 Å². The van der Waals surface area contributed by atoms with E-state index in [1.54, 1.807) is 12.5 Å². The highest BCUT2D eigenvalue weighted by molar-refractivity contribution is 9.10. The fourth-order valence-corrected chi connectivity index (χ4v) is 1.93. The number of aromatic nitrogens is 2.